The minimum absolute atomic E-state index is 0. The van der Waals surface area contributed by atoms with Gasteiger partial charge in [0.1, 0.15) is 0 Å². The lowest BCUT2D eigenvalue weighted by Crippen LogP contribution is -2.45. The average Bonchev–Trinajstić information content (AvgIpc) is 2.58. The maximum absolute atomic E-state index is 13.0. The van der Waals surface area contributed by atoms with Crippen molar-refractivity contribution >= 4 is 18.3 Å². The van der Waals surface area contributed by atoms with Crippen LogP contribution in [0.1, 0.15) is 30.4 Å². The van der Waals surface area contributed by atoms with Crippen LogP contribution in [0.25, 0.3) is 0 Å². The second-order valence-corrected chi connectivity index (χ2v) is 6.10. The molecule has 2 rings (SSSR count). The molecule has 0 atom stereocenters. The topological polar surface area (TPSA) is 50.4 Å². The van der Waals surface area contributed by atoms with Gasteiger partial charge >= 0.3 is 6.18 Å². The van der Waals surface area contributed by atoms with Crippen molar-refractivity contribution in [3.8, 4) is 0 Å². The largest absolute Gasteiger partial charge is 0.416 e. The standard InChI is InChI=1S/C17H23F3N2O2.ClH/c1-21-8-5-15(23)22-12-16(6-9-24-10-7-16)13-3-2-4-14(11-13)17(18,19)20;/h2-4,11,21H,5-10,12H2,1H3,(H,22,23);1H. The van der Waals surface area contributed by atoms with Crippen LogP contribution in [0, 0.1) is 0 Å². The van der Waals surface area contributed by atoms with Gasteiger partial charge in [-0.25, -0.2) is 0 Å². The highest BCUT2D eigenvalue weighted by atomic mass is 35.5. The number of carbonyl (C=O) groups excluding carboxylic acids is 1. The van der Waals surface area contributed by atoms with E-state index in [0.29, 0.717) is 51.1 Å². The molecular weight excluding hydrogens is 357 g/mol. The van der Waals surface area contributed by atoms with Gasteiger partial charge in [0.25, 0.3) is 0 Å². The molecular formula is C17H24ClF3N2O2. The first-order valence-corrected chi connectivity index (χ1v) is 8.04. The summed E-state index contributed by atoms with van der Waals surface area (Å²) in [5.74, 6) is -0.109. The van der Waals surface area contributed by atoms with Crippen LogP contribution in [0.15, 0.2) is 24.3 Å². The minimum atomic E-state index is -4.38. The van der Waals surface area contributed by atoms with Gasteiger partial charge in [0.2, 0.25) is 5.91 Å². The van der Waals surface area contributed by atoms with E-state index >= 15 is 0 Å². The average molecular weight is 381 g/mol. The van der Waals surface area contributed by atoms with Gasteiger partial charge in [0.05, 0.1) is 5.56 Å². The van der Waals surface area contributed by atoms with Crippen LogP contribution < -0.4 is 10.6 Å². The first-order valence-electron chi connectivity index (χ1n) is 8.04. The molecule has 142 valence electrons. The smallest absolute Gasteiger partial charge is 0.381 e. The van der Waals surface area contributed by atoms with Crippen molar-refractivity contribution in [2.75, 3.05) is 33.4 Å². The van der Waals surface area contributed by atoms with Gasteiger partial charge in [0, 0.05) is 38.1 Å². The Bertz CT molecular complexity index is 561. The quantitative estimate of drug-likeness (QED) is 0.798. The second-order valence-electron chi connectivity index (χ2n) is 6.10. The number of ether oxygens (including phenoxy) is 1. The lowest BCUT2D eigenvalue weighted by molar-refractivity contribution is -0.137. The van der Waals surface area contributed by atoms with Crippen molar-refractivity contribution in [3.63, 3.8) is 0 Å². The Balaban J connectivity index is 0.00000312. The molecule has 1 fully saturated rings. The van der Waals surface area contributed by atoms with E-state index in [-0.39, 0.29) is 18.3 Å². The number of benzene rings is 1. The molecule has 0 spiro atoms. The summed E-state index contributed by atoms with van der Waals surface area (Å²) >= 11 is 0. The summed E-state index contributed by atoms with van der Waals surface area (Å²) in [7, 11) is 1.76. The highest BCUT2D eigenvalue weighted by Gasteiger charge is 2.37. The number of amides is 1. The maximum atomic E-state index is 13.0. The first kappa shape index (κ1) is 21.7. The predicted octanol–water partition coefficient (Wildman–Crippen LogP) is 2.90. The van der Waals surface area contributed by atoms with E-state index in [0.717, 1.165) is 6.07 Å². The Kier molecular flexibility index (Phi) is 8.18. The molecule has 25 heavy (non-hydrogen) atoms. The molecule has 0 bridgehead atoms. The molecule has 1 aromatic carbocycles. The third-order valence-electron chi connectivity index (χ3n) is 4.48. The fourth-order valence-electron chi connectivity index (χ4n) is 2.95. The van der Waals surface area contributed by atoms with Crippen LogP contribution in [0.3, 0.4) is 0 Å². The molecule has 0 saturated carbocycles. The fraction of sp³-hybridized carbons (Fsp3) is 0.588. The van der Waals surface area contributed by atoms with E-state index in [1.54, 1.807) is 13.1 Å². The molecule has 0 aliphatic carbocycles. The first-order chi connectivity index (χ1) is 11.4. The van der Waals surface area contributed by atoms with Gasteiger partial charge in [-0.3, -0.25) is 4.79 Å². The normalized spacial score (nSPS) is 16.8. The van der Waals surface area contributed by atoms with Crippen LogP contribution in [-0.2, 0) is 21.1 Å². The van der Waals surface area contributed by atoms with Crippen LogP contribution in [0.2, 0.25) is 0 Å². The molecule has 8 heteroatoms. The monoisotopic (exact) mass is 380 g/mol. The van der Waals surface area contributed by atoms with Gasteiger partial charge in [-0.05, 0) is 31.5 Å². The number of nitrogens with one attached hydrogen (secondary N) is 2. The van der Waals surface area contributed by atoms with Gasteiger partial charge in [-0.2, -0.15) is 13.2 Å². The molecule has 2 N–H and O–H groups in total. The summed E-state index contributed by atoms with van der Waals surface area (Å²) < 4.78 is 44.4. The van der Waals surface area contributed by atoms with E-state index in [9.17, 15) is 18.0 Å². The summed E-state index contributed by atoms with van der Waals surface area (Å²) in [5, 5.41) is 5.76. The van der Waals surface area contributed by atoms with Crippen molar-refractivity contribution in [2.45, 2.75) is 30.9 Å². The van der Waals surface area contributed by atoms with E-state index in [4.69, 9.17) is 4.74 Å². The highest BCUT2D eigenvalue weighted by Crippen LogP contribution is 2.37. The summed E-state index contributed by atoms with van der Waals surface area (Å²) in [4.78, 5) is 11.9. The Hall–Kier alpha value is -1.31. The Morgan fingerprint density at radius 2 is 1.96 bits per heavy atom. The number of carbonyl (C=O) groups is 1. The summed E-state index contributed by atoms with van der Waals surface area (Å²) in [6, 6.07) is 5.41. The highest BCUT2D eigenvalue weighted by molar-refractivity contribution is 5.85. The zero-order chi connectivity index (χ0) is 17.6. The maximum Gasteiger partial charge on any atom is 0.416 e. The zero-order valence-electron chi connectivity index (χ0n) is 14.1. The van der Waals surface area contributed by atoms with Crippen molar-refractivity contribution in [1.82, 2.24) is 10.6 Å². The van der Waals surface area contributed by atoms with E-state index in [2.05, 4.69) is 10.6 Å². The van der Waals surface area contributed by atoms with Gasteiger partial charge in [-0.15, -0.1) is 12.4 Å². The van der Waals surface area contributed by atoms with Crippen LogP contribution in [-0.4, -0.2) is 39.3 Å². The molecule has 0 radical (unpaired) electrons. The molecule has 1 amide bonds. The molecule has 0 aromatic heterocycles. The van der Waals surface area contributed by atoms with E-state index in [1.807, 2.05) is 0 Å². The number of hydrogen-bond donors (Lipinski definition) is 2. The summed E-state index contributed by atoms with van der Waals surface area (Å²) in [5.41, 5.74) is -0.573. The summed E-state index contributed by atoms with van der Waals surface area (Å²) in [6.07, 6.45) is -2.87. The van der Waals surface area contributed by atoms with Crippen LogP contribution in [0.5, 0.6) is 0 Å². The van der Waals surface area contributed by atoms with Gasteiger partial charge in [0.15, 0.2) is 0 Å². The SMILES string of the molecule is CNCCC(=O)NCC1(c2cccc(C(F)(F)F)c2)CCOCC1.Cl. The van der Waals surface area contributed by atoms with E-state index < -0.39 is 17.2 Å². The molecule has 1 heterocycles. The predicted molar refractivity (Wildman–Crippen MR) is 92.0 cm³/mol. The van der Waals surface area contributed by atoms with Crippen molar-refractivity contribution in [3.05, 3.63) is 35.4 Å². The number of rotatable bonds is 6. The van der Waals surface area contributed by atoms with Crippen molar-refractivity contribution in [2.24, 2.45) is 0 Å². The molecule has 0 unspecified atom stereocenters. The summed E-state index contributed by atoms with van der Waals surface area (Å²) in [6.45, 7) is 1.83. The fourth-order valence-corrected chi connectivity index (χ4v) is 2.95. The van der Waals surface area contributed by atoms with Crippen molar-refractivity contribution < 1.29 is 22.7 Å². The molecule has 1 aromatic rings. The molecule has 1 aliphatic rings. The van der Waals surface area contributed by atoms with Gasteiger partial charge in [-0.1, -0.05) is 18.2 Å². The van der Waals surface area contributed by atoms with Crippen molar-refractivity contribution in [1.29, 1.82) is 0 Å². The minimum Gasteiger partial charge on any atom is -0.381 e. The number of halogens is 4. The second kappa shape index (κ2) is 9.40. The molecule has 1 aliphatic heterocycles. The Labute approximate surface area is 151 Å². The van der Waals surface area contributed by atoms with Gasteiger partial charge < -0.3 is 15.4 Å². The number of hydrogen-bond acceptors (Lipinski definition) is 3. The molecule has 1 saturated heterocycles. The van der Waals surface area contributed by atoms with Crippen LogP contribution >= 0.6 is 12.4 Å². The van der Waals surface area contributed by atoms with Crippen LogP contribution in [0.4, 0.5) is 13.2 Å². The van der Waals surface area contributed by atoms with E-state index in [1.165, 1.54) is 12.1 Å². The third kappa shape index (κ3) is 5.87. The number of alkyl halides is 3. The Morgan fingerprint density at radius 1 is 1.28 bits per heavy atom. The Morgan fingerprint density at radius 3 is 2.56 bits per heavy atom. The zero-order valence-corrected chi connectivity index (χ0v) is 14.9. The third-order valence-corrected chi connectivity index (χ3v) is 4.48. The lowest BCUT2D eigenvalue weighted by Gasteiger charge is -2.38. The molecule has 4 nitrogen and oxygen atoms in total. The lowest BCUT2D eigenvalue weighted by atomic mass is 9.73.